The van der Waals surface area contributed by atoms with Gasteiger partial charge in [-0.15, -0.1) is 6.42 Å². The predicted octanol–water partition coefficient (Wildman–Crippen LogP) is 1.18. The lowest BCUT2D eigenvalue weighted by molar-refractivity contribution is 0.727. The predicted molar refractivity (Wildman–Crippen MR) is 41.1 cm³/mol. The molecule has 0 aromatic heterocycles. The average Bonchev–Trinajstić information content (AvgIpc) is 1.89. The Morgan fingerprint density at radius 2 is 2.44 bits per heavy atom. The molecule has 0 saturated carbocycles. The van der Waals surface area contributed by atoms with Crippen LogP contribution in [-0.2, 0) is 0 Å². The van der Waals surface area contributed by atoms with Gasteiger partial charge in [0.15, 0.2) is 0 Å². The van der Waals surface area contributed by atoms with E-state index in [2.05, 4.69) is 18.2 Å². The second kappa shape index (κ2) is 7.26. The van der Waals surface area contributed by atoms with E-state index in [0.29, 0.717) is 0 Å². The van der Waals surface area contributed by atoms with Crippen molar-refractivity contribution in [3.8, 4) is 12.3 Å². The van der Waals surface area contributed by atoms with Crippen molar-refractivity contribution >= 4 is 0 Å². The highest BCUT2D eigenvalue weighted by Crippen LogP contribution is 1.77. The quantitative estimate of drug-likeness (QED) is 0.437. The van der Waals surface area contributed by atoms with E-state index in [-0.39, 0.29) is 0 Å². The van der Waals surface area contributed by atoms with E-state index in [4.69, 9.17) is 6.42 Å². The molecule has 1 heteroatoms. The fourth-order valence-electron chi connectivity index (χ4n) is 0.514. The van der Waals surface area contributed by atoms with E-state index in [1.54, 1.807) is 6.08 Å². The minimum atomic E-state index is 1.02. The largest absolute Gasteiger partial charge is 0.317 e. The molecule has 0 atom stereocenters. The second-order valence-electron chi connectivity index (χ2n) is 1.71. The van der Waals surface area contributed by atoms with Crippen LogP contribution in [0.15, 0.2) is 12.2 Å². The maximum absolute atomic E-state index is 4.99. The van der Waals surface area contributed by atoms with Gasteiger partial charge in [0.25, 0.3) is 0 Å². The van der Waals surface area contributed by atoms with Gasteiger partial charge in [0.05, 0.1) is 0 Å². The highest BCUT2D eigenvalue weighted by atomic mass is 14.8. The molecule has 0 fully saturated rings. The van der Waals surface area contributed by atoms with Gasteiger partial charge in [-0.1, -0.05) is 18.9 Å². The van der Waals surface area contributed by atoms with Gasteiger partial charge in [-0.3, -0.25) is 0 Å². The monoisotopic (exact) mass is 123 g/mol. The third-order valence-corrected chi connectivity index (χ3v) is 0.952. The van der Waals surface area contributed by atoms with Crippen LogP contribution in [-0.4, -0.2) is 13.1 Å². The lowest BCUT2D eigenvalue weighted by Gasteiger charge is -1.93. The Kier molecular flexibility index (Phi) is 6.66. The summed E-state index contributed by atoms with van der Waals surface area (Å²) in [6, 6.07) is 0. The fourth-order valence-corrected chi connectivity index (χ4v) is 0.514. The first-order chi connectivity index (χ1) is 4.41. The molecule has 0 bridgehead atoms. The maximum atomic E-state index is 4.99. The summed E-state index contributed by atoms with van der Waals surface area (Å²) in [5.41, 5.74) is 0. The zero-order valence-electron chi connectivity index (χ0n) is 5.85. The van der Waals surface area contributed by atoms with E-state index >= 15 is 0 Å². The molecule has 9 heavy (non-hydrogen) atoms. The number of hydrogen-bond acceptors (Lipinski definition) is 1. The van der Waals surface area contributed by atoms with Crippen molar-refractivity contribution in [3.63, 3.8) is 0 Å². The summed E-state index contributed by atoms with van der Waals surface area (Å²) in [6.45, 7) is 4.14. The number of rotatable bonds is 4. The Labute approximate surface area is 57.2 Å². The summed E-state index contributed by atoms with van der Waals surface area (Å²) >= 11 is 0. The Bertz CT molecular complexity index is 108. The summed E-state index contributed by atoms with van der Waals surface area (Å²) in [5, 5.41) is 3.19. The van der Waals surface area contributed by atoms with Crippen LogP contribution < -0.4 is 5.32 Å². The Morgan fingerprint density at radius 3 is 3.00 bits per heavy atom. The van der Waals surface area contributed by atoms with Crippen LogP contribution >= 0.6 is 0 Å². The fraction of sp³-hybridized carbons (Fsp3) is 0.500. The molecule has 0 aliphatic rings. The molecule has 0 spiro atoms. The van der Waals surface area contributed by atoms with E-state index in [1.165, 1.54) is 0 Å². The highest BCUT2D eigenvalue weighted by molar-refractivity contribution is 5.08. The van der Waals surface area contributed by atoms with E-state index in [0.717, 1.165) is 19.5 Å². The van der Waals surface area contributed by atoms with Gasteiger partial charge in [-0.25, -0.2) is 0 Å². The highest BCUT2D eigenvalue weighted by Gasteiger charge is 1.76. The first kappa shape index (κ1) is 8.26. The molecule has 0 aliphatic heterocycles. The van der Waals surface area contributed by atoms with E-state index in [1.807, 2.05) is 6.08 Å². The molecule has 1 nitrogen and oxygen atoms in total. The van der Waals surface area contributed by atoms with Crippen LogP contribution in [0.2, 0.25) is 0 Å². The van der Waals surface area contributed by atoms with Crippen LogP contribution in [0.3, 0.4) is 0 Å². The number of nitrogens with one attached hydrogen (secondary N) is 1. The second-order valence-corrected chi connectivity index (χ2v) is 1.71. The minimum Gasteiger partial charge on any atom is -0.317 e. The number of allylic oxidation sites excluding steroid dienone is 1. The first-order valence-corrected chi connectivity index (χ1v) is 3.23. The molecule has 0 unspecified atom stereocenters. The van der Waals surface area contributed by atoms with Gasteiger partial charge in [-0.05, 0) is 25.6 Å². The Hall–Kier alpha value is -0.740. The molecule has 0 aromatic rings. The van der Waals surface area contributed by atoms with Crippen molar-refractivity contribution in [3.05, 3.63) is 12.2 Å². The number of hydrogen-bond donors (Lipinski definition) is 1. The molecule has 0 amide bonds. The molecule has 0 rings (SSSR count). The van der Waals surface area contributed by atoms with Crippen molar-refractivity contribution in [2.45, 2.75) is 13.3 Å². The number of terminal acetylenes is 1. The summed E-state index contributed by atoms with van der Waals surface area (Å²) < 4.78 is 0. The van der Waals surface area contributed by atoms with Crippen molar-refractivity contribution in [1.82, 2.24) is 5.32 Å². The van der Waals surface area contributed by atoms with Gasteiger partial charge in [0.1, 0.15) is 0 Å². The van der Waals surface area contributed by atoms with Gasteiger partial charge in [0, 0.05) is 0 Å². The van der Waals surface area contributed by atoms with Gasteiger partial charge < -0.3 is 5.32 Å². The smallest absolute Gasteiger partial charge is 0.00141 e. The molecule has 0 aromatic carbocycles. The lowest BCUT2D eigenvalue weighted by Crippen LogP contribution is -2.12. The van der Waals surface area contributed by atoms with Crippen molar-refractivity contribution < 1.29 is 0 Å². The van der Waals surface area contributed by atoms with Crippen LogP contribution in [0, 0.1) is 12.3 Å². The van der Waals surface area contributed by atoms with Gasteiger partial charge >= 0.3 is 0 Å². The summed E-state index contributed by atoms with van der Waals surface area (Å²) in [7, 11) is 0. The van der Waals surface area contributed by atoms with E-state index in [9.17, 15) is 0 Å². The van der Waals surface area contributed by atoms with Crippen LogP contribution in [0.4, 0.5) is 0 Å². The van der Waals surface area contributed by atoms with Crippen molar-refractivity contribution in [2.24, 2.45) is 0 Å². The average molecular weight is 123 g/mol. The third kappa shape index (κ3) is 7.26. The third-order valence-electron chi connectivity index (χ3n) is 0.952. The topological polar surface area (TPSA) is 12.0 Å². The standard InChI is InChI=1S/C8H13N/c1-3-5-6-7-8-9-4-2/h1,5-6,9H,4,7-8H2,2H3/b6-5+. The Morgan fingerprint density at radius 1 is 1.67 bits per heavy atom. The molecule has 1 N–H and O–H groups in total. The molecule has 0 saturated heterocycles. The summed E-state index contributed by atoms with van der Waals surface area (Å²) in [6.07, 6.45) is 9.73. The summed E-state index contributed by atoms with van der Waals surface area (Å²) in [5.74, 6) is 2.44. The van der Waals surface area contributed by atoms with Crippen LogP contribution in [0.1, 0.15) is 13.3 Å². The SMILES string of the molecule is C#C/C=C/CCNCC. The molecular formula is C8H13N. The summed E-state index contributed by atoms with van der Waals surface area (Å²) in [4.78, 5) is 0. The molecule has 0 radical (unpaired) electrons. The zero-order valence-corrected chi connectivity index (χ0v) is 5.85. The van der Waals surface area contributed by atoms with Gasteiger partial charge in [-0.2, -0.15) is 0 Å². The van der Waals surface area contributed by atoms with Crippen molar-refractivity contribution in [1.29, 1.82) is 0 Å². The maximum Gasteiger partial charge on any atom is -0.00141 e. The zero-order chi connectivity index (χ0) is 6.95. The van der Waals surface area contributed by atoms with Gasteiger partial charge in [0.2, 0.25) is 0 Å². The molecule has 50 valence electrons. The van der Waals surface area contributed by atoms with Crippen LogP contribution in [0.25, 0.3) is 0 Å². The molecule has 0 heterocycles. The molecular weight excluding hydrogens is 110 g/mol. The lowest BCUT2D eigenvalue weighted by atomic mass is 10.4. The van der Waals surface area contributed by atoms with E-state index < -0.39 is 0 Å². The Balaban J connectivity index is 2.93. The normalized spacial score (nSPS) is 9.78. The molecule has 0 aliphatic carbocycles. The first-order valence-electron chi connectivity index (χ1n) is 3.23. The minimum absolute atomic E-state index is 1.02. The van der Waals surface area contributed by atoms with Crippen molar-refractivity contribution in [2.75, 3.05) is 13.1 Å². The van der Waals surface area contributed by atoms with Crippen LogP contribution in [0.5, 0.6) is 0 Å².